The highest BCUT2D eigenvalue weighted by atomic mass is 16.5. The average molecular weight is 128 g/mol. The van der Waals surface area contributed by atoms with Gasteiger partial charge in [-0.25, -0.2) is 0 Å². The molecule has 0 radical (unpaired) electrons. The molecule has 0 spiro atoms. The third-order valence-electron chi connectivity index (χ3n) is 1.04. The summed E-state index contributed by atoms with van der Waals surface area (Å²) in [6.45, 7) is 7.14. The molecule has 1 unspecified atom stereocenters. The second-order valence-electron chi connectivity index (χ2n) is 1.87. The first kappa shape index (κ1) is 8.37. The zero-order valence-corrected chi connectivity index (χ0v) is 5.89. The summed E-state index contributed by atoms with van der Waals surface area (Å²) in [5.74, 6) is 0.0526. The van der Waals surface area contributed by atoms with E-state index in [1.807, 2.05) is 0 Å². The number of ether oxygens (including phenoxy) is 1. The SMILES string of the molecule is C=CCOC(C)C(C)=O. The average Bonchev–Trinajstić information content (AvgIpc) is 1.82. The van der Waals surface area contributed by atoms with Gasteiger partial charge >= 0.3 is 0 Å². The van der Waals surface area contributed by atoms with Gasteiger partial charge in [0.2, 0.25) is 0 Å². The van der Waals surface area contributed by atoms with Gasteiger partial charge in [-0.2, -0.15) is 0 Å². The Morgan fingerprint density at radius 1 is 1.89 bits per heavy atom. The normalized spacial score (nSPS) is 12.7. The minimum atomic E-state index is -0.289. The highest BCUT2D eigenvalue weighted by Crippen LogP contribution is 1.90. The molecule has 52 valence electrons. The predicted molar refractivity (Wildman–Crippen MR) is 36.3 cm³/mol. The van der Waals surface area contributed by atoms with Crippen LogP contribution >= 0.6 is 0 Å². The minimum absolute atomic E-state index is 0.0526. The van der Waals surface area contributed by atoms with Crippen molar-refractivity contribution in [1.29, 1.82) is 0 Å². The van der Waals surface area contributed by atoms with Crippen LogP contribution in [0.2, 0.25) is 0 Å². The number of Topliss-reactive ketones (excluding diaryl/α,β-unsaturated/α-hetero) is 1. The number of rotatable bonds is 4. The van der Waals surface area contributed by atoms with E-state index in [1.165, 1.54) is 6.92 Å². The molecular formula is C7H12O2. The molecule has 0 aromatic rings. The molecule has 0 aliphatic carbocycles. The molecule has 0 amide bonds. The molecule has 9 heavy (non-hydrogen) atoms. The molecule has 0 bridgehead atoms. The van der Waals surface area contributed by atoms with E-state index in [0.717, 1.165) is 0 Å². The van der Waals surface area contributed by atoms with Gasteiger partial charge in [-0.15, -0.1) is 6.58 Å². The number of carbonyl (C=O) groups is 1. The van der Waals surface area contributed by atoms with Crippen molar-refractivity contribution < 1.29 is 9.53 Å². The van der Waals surface area contributed by atoms with Gasteiger partial charge in [0.25, 0.3) is 0 Å². The first-order chi connectivity index (χ1) is 4.18. The van der Waals surface area contributed by atoms with Crippen molar-refractivity contribution >= 4 is 5.78 Å². The van der Waals surface area contributed by atoms with E-state index in [2.05, 4.69) is 6.58 Å². The predicted octanol–water partition coefficient (Wildman–Crippen LogP) is 1.17. The Morgan fingerprint density at radius 2 is 2.44 bits per heavy atom. The smallest absolute Gasteiger partial charge is 0.158 e. The highest BCUT2D eigenvalue weighted by molar-refractivity contribution is 5.79. The van der Waals surface area contributed by atoms with Crippen molar-refractivity contribution in [2.45, 2.75) is 20.0 Å². The van der Waals surface area contributed by atoms with Crippen LogP contribution < -0.4 is 0 Å². The van der Waals surface area contributed by atoms with E-state index in [4.69, 9.17) is 4.74 Å². The number of hydrogen-bond acceptors (Lipinski definition) is 2. The van der Waals surface area contributed by atoms with E-state index in [0.29, 0.717) is 6.61 Å². The van der Waals surface area contributed by atoms with Crippen LogP contribution in [0.15, 0.2) is 12.7 Å². The molecule has 0 N–H and O–H groups in total. The Kier molecular flexibility index (Phi) is 3.97. The molecule has 0 heterocycles. The first-order valence-electron chi connectivity index (χ1n) is 2.91. The van der Waals surface area contributed by atoms with Gasteiger partial charge in [-0.05, 0) is 13.8 Å². The Balaban J connectivity index is 3.37. The molecular weight excluding hydrogens is 116 g/mol. The van der Waals surface area contributed by atoms with Crippen molar-refractivity contribution in [2.75, 3.05) is 6.61 Å². The van der Waals surface area contributed by atoms with Crippen molar-refractivity contribution in [3.63, 3.8) is 0 Å². The van der Waals surface area contributed by atoms with Gasteiger partial charge in [-0.3, -0.25) is 4.79 Å². The van der Waals surface area contributed by atoms with Gasteiger partial charge in [0.15, 0.2) is 5.78 Å². The third-order valence-corrected chi connectivity index (χ3v) is 1.04. The lowest BCUT2D eigenvalue weighted by Crippen LogP contribution is -2.17. The monoisotopic (exact) mass is 128 g/mol. The zero-order valence-electron chi connectivity index (χ0n) is 5.89. The van der Waals surface area contributed by atoms with Crippen molar-refractivity contribution in [3.8, 4) is 0 Å². The fourth-order valence-electron chi connectivity index (χ4n) is 0.330. The molecule has 0 aromatic carbocycles. The summed E-state index contributed by atoms with van der Waals surface area (Å²) in [5.41, 5.74) is 0. The zero-order chi connectivity index (χ0) is 7.28. The van der Waals surface area contributed by atoms with Crippen molar-refractivity contribution in [1.82, 2.24) is 0 Å². The van der Waals surface area contributed by atoms with Gasteiger partial charge < -0.3 is 4.74 Å². The lowest BCUT2D eigenvalue weighted by molar-refractivity contribution is -0.126. The molecule has 0 saturated carbocycles. The van der Waals surface area contributed by atoms with Gasteiger partial charge in [0.1, 0.15) is 6.10 Å². The van der Waals surface area contributed by atoms with Crippen LogP contribution in [0.5, 0.6) is 0 Å². The summed E-state index contributed by atoms with van der Waals surface area (Å²) in [5, 5.41) is 0. The van der Waals surface area contributed by atoms with Crippen LogP contribution in [-0.2, 0) is 9.53 Å². The maximum absolute atomic E-state index is 10.5. The summed E-state index contributed by atoms with van der Waals surface area (Å²) in [7, 11) is 0. The standard InChI is InChI=1S/C7H12O2/c1-4-5-9-7(3)6(2)8/h4,7H,1,5H2,2-3H3. The Labute approximate surface area is 55.5 Å². The Morgan fingerprint density at radius 3 is 2.78 bits per heavy atom. The van der Waals surface area contributed by atoms with Crippen molar-refractivity contribution in [2.24, 2.45) is 0 Å². The van der Waals surface area contributed by atoms with E-state index in [1.54, 1.807) is 13.0 Å². The van der Waals surface area contributed by atoms with Crippen molar-refractivity contribution in [3.05, 3.63) is 12.7 Å². The highest BCUT2D eigenvalue weighted by Gasteiger charge is 2.04. The fourth-order valence-corrected chi connectivity index (χ4v) is 0.330. The van der Waals surface area contributed by atoms with E-state index in [9.17, 15) is 4.79 Å². The second kappa shape index (κ2) is 4.27. The van der Waals surface area contributed by atoms with Crippen LogP contribution in [0.3, 0.4) is 0 Å². The van der Waals surface area contributed by atoms with Gasteiger partial charge in [0.05, 0.1) is 6.61 Å². The van der Waals surface area contributed by atoms with Crippen LogP contribution in [0.1, 0.15) is 13.8 Å². The van der Waals surface area contributed by atoms with E-state index < -0.39 is 0 Å². The topological polar surface area (TPSA) is 26.3 Å². The molecule has 1 atom stereocenters. The second-order valence-corrected chi connectivity index (χ2v) is 1.87. The fraction of sp³-hybridized carbons (Fsp3) is 0.571. The molecule has 0 fully saturated rings. The van der Waals surface area contributed by atoms with Crippen LogP contribution in [-0.4, -0.2) is 18.5 Å². The lowest BCUT2D eigenvalue weighted by Gasteiger charge is -2.05. The summed E-state index contributed by atoms with van der Waals surface area (Å²) in [6, 6.07) is 0. The minimum Gasteiger partial charge on any atom is -0.367 e. The van der Waals surface area contributed by atoms with Crippen LogP contribution in [0, 0.1) is 0 Å². The van der Waals surface area contributed by atoms with Gasteiger partial charge in [0, 0.05) is 0 Å². The number of ketones is 1. The Hall–Kier alpha value is -0.630. The Bertz CT molecular complexity index is 107. The molecule has 2 nitrogen and oxygen atoms in total. The number of hydrogen-bond donors (Lipinski definition) is 0. The molecule has 0 aromatic heterocycles. The summed E-state index contributed by atoms with van der Waals surface area (Å²) in [6.07, 6.45) is 1.34. The molecule has 0 saturated heterocycles. The quantitative estimate of drug-likeness (QED) is 0.531. The summed E-state index contributed by atoms with van der Waals surface area (Å²) < 4.78 is 4.98. The maximum Gasteiger partial charge on any atom is 0.158 e. The molecule has 0 rings (SSSR count). The summed E-state index contributed by atoms with van der Waals surface area (Å²) >= 11 is 0. The first-order valence-corrected chi connectivity index (χ1v) is 2.91. The van der Waals surface area contributed by atoms with E-state index in [-0.39, 0.29) is 11.9 Å². The maximum atomic E-state index is 10.5. The van der Waals surface area contributed by atoms with Crippen LogP contribution in [0.25, 0.3) is 0 Å². The lowest BCUT2D eigenvalue weighted by atomic mass is 10.3. The van der Waals surface area contributed by atoms with Gasteiger partial charge in [-0.1, -0.05) is 6.08 Å². The third kappa shape index (κ3) is 3.91. The number of carbonyl (C=O) groups excluding carboxylic acids is 1. The van der Waals surface area contributed by atoms with E-state index >= 15 is 0 Å². The molecule has 0 aliphatic heterocycles. The largest absolute Gasteiger partial charge is 0.367 e. The summed E-state index contributed by atoms with van der Waals surface area (Å²) in [4.78, 5) is 10.5. The molecule has 0 aliphatic rings. The van der Waals surface area contributed by atoms with Crippen LogP contribution in [0.4, 0.5) is 0 Å². The molecule has 2 heteroatoms.